The third-order valence-corrected chi connectivity index (χ3v) is 9.33. The van der Waals surface area contributed by atoms with Crippen molar-refractivity contribution in [1.82, 2.24) is 0 Å². The number of carboxylic acids is 1. The van der Waals surface area contributed by atoms with Crippen molar-refractivity contribution in [2.45, 2.75) is 26.2 Å². The highest BCUT2D eigenvalue weighted by Crippen LogP contribution is 2.27. The number of carboxylic acid groups (broad SMARTS) is 1. The second-order valence-corrected chi connectivity index (χ2v) is 12.9. The molecule has 1 N–H and O–H groups in total. The molecule has 43 heavy (non-hydrogen) atoms. The maximum absolute atomic E-state index is 12.0. The number of hydrogen-bond donors (Lipinski definition) is 1. The maximum Gasteiger partial charge on any atom is 0.324 e. The Morgan fingerprint density at radius 3 is 1.72 bits per heavy atom. The van der Waals surface area contributed by atoms with Crippen LogP contribution in [-0.4, -0.2) is 36.2 Å². The minimum Gasteiger partial charge on any atom is -0.481 e. The van der Waals surface area contributed by atoms with Crippen molar-refractivity contribution in [2.24, 2.45) is 0 Å². The summed E-state index contributed by atoms with van der Waals surface area (Å²) in [7, 11) is 0. The predicted octanol–water partition coefficient (Wildman–Crippen LogP) is 9.30. The molecule has 3 aromatic carbocycles. The Balaban J connectivity index is 0.000000158. The molecule has 222 valence electrons. The fraction of sp³-hybridized carbons (Fsp3) is 0.182. The number of carbonyl (C=O) groups excluding carboxylic acids is 2. The SMILES string of the molecule is Brc1ccc2sccc2c1.CCOC(=O)C(C(=O)OCC)c1ccc2sccc2c1.O=C(O)Cc1ccc2sccc2c1. The molecule has 0 saturated carbocycles. The minimum absolute atomic E-state index is 0.103. The summed E-state index contributed by atoms with van der Waals surface area (Å²) in [5, 5.41) is 18.1. The van der Waals surface area contributed by atoms with Gasteiger partial charge in [-0.3, -0.25) is 14.4 Å². The van der Waals surface area contributed by atoms with Crippen LogP contribution in [-0.2, 0) is 30.3 Å². The van der Waals surface area contributed by atoms with E-state index in [0.29, 0.717) is 5.56 Å². The average Bonchev–Trinajstić information content (AvgIpc) is 3.74. The molecule has 0 aliphatic heterocycles. The molecule has 0 atom stereocenters. The first-order valence-electron chi connectivity index (χ1n) is 13.4. The molecule has 0 bridgehead atoms. The Bertz CT molecular complexity index is 1820. The van der Waals surface area contributed by atoms with Gasteiger partial charge in [-0.2, -0.15) is 0 Å². The standard InChI is InChI=1S/C15H16O4S.C10H8O2S.C8H5BrS/c1-3-18-14(16)13(15(17)19-4-2)11-5-6-12-10(9-11)7-8-20-12;11-10(12)6-7-1-2-9-8(5-7)3-4-13-9;9-7-1-2-8-6(5-7)3-4-10-8/h5-9,13H,3-4H2,1-2H3;1-5H,6H2,(H,11,12);1-5H. The summed E-state index contributed by atoms with van der Waals surface area (Å²) in [4.78, 5) is 34.5. The van der Waals surface area contributed by atoms with Gasteiger partial charge in [0.15, 0.2) is 5.92 Å². The summed E-state index contributed by atoms with van der Waals surface area (Å²) in [6.07, 6.45) is 0.103. The molecule has 0 unspecified atom stereocenters. The Morgan fingerprint density at radius 2 is 1.19 bits per heavy atom. The van der Waals surface area contributed by atoms with Crippen LogP contribution in [0, 0.1) is 0 Å². The Kier molecular flexibility index (Phi) is 11.9. The largest absolute Gasteiger partial charge is 0.481 e. The van der Waals surface area contributed by atoms with Crippen molar-refractivity contribution in [3.05, 3.63) is 105 Å². The van der Waals surface area contributed by atoms with Gasteiger partial charge < -0.3 is 14.6 Å². The quantitative estimate of drug-likeness (QED) is 0.132. The summed E-state index contributed by atoms with van der Waals surface area (Å²) in [6, 6.07) is 23.7. The summed E-state index contributed by atoms with van der Waals surface area (Å²) < 4.78 is 14.8. The van der Waals surface area contributed by atoms with Crippen molar-refractivity contribution in [3.8, 4) is 0 Å². The lowest BCUT2D eigenvalue weighted by atomic mass is 9.98. The topological polar surface area (TPSA) is 89.9 Å². The molecule has 0 aliphatic rings. The molecule has 3 heterocycles. The lowest BCUT2D eigenvalue weighted by molar-refractivity contribution is -0.157. The molecule has 0 aliphatic carbocycles. The zero-order chi connectivity index (χ0) is 30.8. The summed E-state index contributed by atoms with van der Waals surface area (Å²) in [6.45, 7) is 3.88. The lowest BCUT2D eigenvalue weighted by Crippen LogP contribution is -2.26. The van der Waals surface area contributed by atoms with Crippen molar-refractivity contribution in [3.63, 3.8) is 0 Å². The van der Waals surface area contributed by atoms with Gasteiger partial charge in [0.2, 0.25) is 0 Å². The van der Waals surface area contributed by atoms with Crippen molar-refractivity contribution in [1.29, 1.82) is 0 Å². The van der Waals surface area contributed by atoms with Gasteiger partial charge in [-0.15, -0.1) is 34.0 Å². The first-order chi connectivity index (χ1) is 20.8. The average molecular weight is 698 g/mol. The number of ether oxygens (including phenoxy) is 2. The predicted molar refractivity (Wildman–Crippen MR) is 181 cm³/mol. The van der Waals surface area contributed by atoms with E-state index in [9.17, 15) is 14.4 Å². The number of aliphatic carboxylic acids is 1. The van der Waals surface area contributed by atoms with Crippen LogP contribution < -0.4 is 0 Å². The second-order valence-electron chi connectivity index (χ2n) is 9.12. The summed E-state index contributed by atoms with van der Waals surface area (Å²) in [5.41, 5.74) is 1.46. The number of halogens is 1. The summed E-state index contributed by atoms with van der Waals surface area (Å²) in [5.74, 6) is -2.94. The highest BCUT2D eigenvalue weighted by atomic mass is 79.9. The third-order valence-electron chi connectivity index (χ3n) is 6.14. The lowest BCUT2D eigenvalue weighted by Gasteiger charge is -2.14. The van der Waals surface area contributed by atoms with E-state index in [4.69, 9.17) is 14.6 Å². The van der Waals surface area contributed by atoms with E-state index in [0.717, 1.165) is 25.5 Å². The highest BCUT2D eigenvalue weighted by Gasteiger charge is 2.31. The first kappa shape index (κ1) is 32.3. The fourth-order valence-electron chi connectivity index (χ4n) is 4.22. The number of rotatable bonds is 7. The number of esters is 2. The van der Waals surface area contributed by atoms with Gasteiger partial charge in [0, 0.05) is 18.6 Å². The normalized spacial score (nSPS) is 10.6. The van der Waals surface area contributed by atoms with Crippen LogP contribution >= 0.6 is 49.9 Å². The Labute approximate surface area is 269 Å². The van der Waals surface area contributed by atoms with Crippen LogP contribution in [0.25, 0.3) is 30.3 Å². The Hall–Kier alpha value is -3.57. The van der Waals surface area contributed by atoms with E-state index in [2.05, 4.69) is 45.6 Å². The second kappa shape index (κ2) is 15.8. The monoisotopic (exact) mass is 696 g/mol. The molecular weight excluding hydrogens is 668 g/mol. The van der Waals surface area contributed by atoms with E-state index < -0.39 is 23.8 Å². The van der Waals surface area contributed by atoms with Gasteiger partial charge in [-0.25, -0.2) is 0 Å². The molecular formula is C33H29BrO6S3. The van der Waals surface area contributed by atoms with E-state index in [1.807, 2.05) is 53.2 Å². The number of fused-ring (bicyclic) bond motifs is 3. The van der Waals surface area contributed by atoms with E-state index >= 15 is 0 Å². The molecule has 0 saturated heterocycles. The molecule has 10 heteroatoms. The molecule has 3 aromatic heterocycles. The third kappa shape index (κ3) is 8.96. The molecule has 6 rings (SSSR count). The van der Waals surface area contributed by atoms with Gasteiger partial charge in [0.25, 0.3) is 0 Å². The van der Waals surface area contributed by atoms with Crippen LogP contribution in [0.15, 0.2) is 93.4 Å². The van der Waals surface area contributed by atoms with Crippen LogP contribution in [0.1, 0.15) is 30.9 Å². The van der Waals surface area contributed by atoms with Gasteiger partial charge in [-0.05, 0) is 118 Å². The van der Waals surface area contributed by atoms with Gasteiger partial charge >= 0.3 is 17.9 Å². The van der Waals surface area contributed by atoms with E-state index in [1.54, 1.807) is 53.9 Å². The molecule has 6 aromatic rings. The van der Waals surface area contributed by atoms with Crippen LogP contribution in [0.3, 0.4) is 0 Å². The number of hydrogen-bond acceptors (Lipinski definition) is 8. The molecule has 0 fully saturated rings. The van der Waals surface area contributed by atoms with E-state index in [1.165, 1.54) is 14.8 Å². The van der Waals surface area contributed by atoms with Crippen molar-refractivity contribution in [2.75, 3.05) is 13.2 Å². The number of benzene rings is 3. The van der Waals surface area contributed by atoms with Crippen LogP contribution in [0.2, 0.25) is 0 Å². The molecule has 0 radical (unpaired) electrons. The zero-order valence-corrected chi connectivity index (χ0v) is 27.5. The van der Waals surface area contributed by atoms with Crippen LogP contribution in [0.5, 0.6) is 0 Å². The number of thiophene rings is 3. The van der Waals surface area contributed by atoms with Gasteiger partial charge in [-0.1, -0.05) is 28.1 Å². The Morgan fingerprint density at radius 1 is 0.698 bits per heavy atom. The van der Waals surface area contributed by atoms with Crippen molar-refractivity contribution >= 4 is 98.1 Å². The van der Waals surface area contributed by atoms with E-state index in [-0.39, 0.29) is 19.6 Å². The van der Waals surface area contributed by atoms with Crippen molar-refractivity contribution < 1.29 is 29.0 Å². The highest BCUT2D eigenvalue weighted by molar-refractivity contribution is 9.10. The molecule has 0 spiro atoms. The minimum atomic E-state index is -1.01. The maximum atomic E-state index is 12.0. The first-order valence-corrected chi connectivity index (χ1v) is 16.8. The number of carbonyl (C=O) groups is 3. The van der Waals surface area contributed by atoms with Gasteiger partial charge in [0.1, 0.15) is 0 Å². The smallest absolute Gasteiger partial charge is 0.324 e. The summed E-state index contributed by atoms with van der Waals surface area (Å²) >= 11 is 8.48. The van der Waals surface area contributed by atoms with Crippen LogP contribution in [0.4, 0.5) is 0 Å². The zero-order valence-electron chi connectivity index (χ0n) is 23.5. The fourth-order valence-corrected chi connectivity index (χ4v) is 6.91. The molecule has 6 nitrogen and oxygen atoms in total. The molecule has 0 amide bonds. The van der Waals surface area contributed by atoms with Gasteiger partial charge in [0.05, 0.1) is 19.6 Å².